The minimum Gasteiger partial charge on any atom is -0.370 e. The topological polar surface area (TPSA) is 63.4 Å². The number of unbranched alkanes of at least 4 members (excludes halogenated alkanes) is 1. The zero-order valence-electron chi connectivity index (χ0n) is 10.4. The first kappa shape index (κ1) is 12.6. The lowest BCUT2D eigenvalue weighted by molar-refractivity contribution is -0.132. The van der Waals surface area contributed by atoms with E-state index in [4.69, 9.17) is 5.73 Å². The predicted molar refractivity (Wildman–Crippen MR) is 68.4 cm³/mol. The fourth-order valence-corrected chi connectivity index (χ4v) is 2.24. The summed E-state index contributed by atoms with van der Waals surface area (Å²) in [7, 11) is 0. The molecule has 1 aromatic carbocycles. The molecule has 4 heteroatoms. The third-order valence-electron chi connectivity index (χ3n) is 3.26. The smallest absolute Gasteiger partial charge is 0.223 e. The molecule has 1 aromatic rings. The van der Waals surface area contributed by atoms with Crippen LogP contribution in [-0.2, 0) is 22.7 Å². The van der Waals surface area contributed by atoms with Crippen molar-refractivity contribution in [1.82, 2.24) is 4.90 Å². The van der Waals surface area contributed by atoms with E-state index in [1.54, 1.807) is 0 Å². The van der Waals surface area contributed by atoms with Crippen LogP contribution in [0.2, 0.25) is 0 Å². The van der Waals surface area contributed by atoms with Crippen LogP contribution in [-0.4, -0.2) is 16.7 Å². The summed E-state index contributed by atoms with van der Waals surface area (Å²) in [5.74, 6) is -0.133. The Balaban J connectivity index is 1.77. The molecule has 1 heterocycles. The van der Waals surface area contributed by atoms with Crippen LogP contribution in [0.1, 0.15) is 36.8 Å². The summed E-state index contributed by atoms with van der Waals surface area (Å²) in [5, 5.41) is 0. The van der Waals surface area contributed by atoms with E-state index in [2.05, 4.69) is 12.1 Å². The van der Waals surface area contributed by atoms with Gasteiger partial charge in [0, 0.05) is 25.9 Å². The van der Waals surface area contributed by atoms with Crippen molar-refractivity contribution in [2.24, 2.45) is 5.73 Å². The molecule has 2 N–H and O–H groups in total. The first-order valence-electron chi connectivity index (χ1n) is 6.29. The van der Waals surface area contributed by atoms with Crippen LogP contribution >= 0.6 is 0 Å². The van der Waals surface area contributed by atoms with E-state index in [1.807, 2.05) is 17.0 Å². The molecule has 2 rings (SSSR count). The fraction of sp³-hybridized carbons (Fsp3) is 0.429. The van der Waals surface area contributed by atoms with Crippen LogP contribution in [0.5, 0.6) is 0 Å². The Morgan fingerprint density at radius 2 is 1.61 bits per heavy atom. The number of benzene rings is 1. The van der Waals surface area contributed by atoms with E-state index in [1.165, 1.54) is 11.1 Å². The highest BCUT2D eigenvalue weighted by Gasteiger charge is 2.21. The summed E-state index contributed by atoms with van der Waals surface area (Å²) in [6.45, 7) is 1.43. The number of fused-ring (bicyclic) bond motifs is 1. The van der Waals surface area contributed by atoms with Crippen molar-refractivity contribution in [2.45, 2.75) is 38.8 Å². The van der Waals surface area contributed by atoms with Crippen molar-refractivity contribution in [3.63, 3.8) is 0 Å². The molecule has 0 unspecified atom stereocenters. The van der Waals surface area contributed by atoms with Gasteiger partial charge in [-0.15, -0.1) is 0 Å². The molecule has 0 atom stereocenters. The van der Waals surface area contributed by atoms with Crippen molar-refractivity contribution < 1.29 is 9.59 Å². The van der Waals surface area contributed by atoms with Gasteiger partial charge in [-0.3, -0.25) is 9.59 Å². The number of carbonyl (C=O) groups is 2. The molecular weight excluding hydrogens is 228 g/mol. The molecule has 18 heavy (non-hydrogen) atoms. The average molecular weight is 246 g/mol. The molecule has 1 aliphatic rings. The molecule has 0 spiro atoms. The lowest BCUT2D eigenvalue weighted by Gasteiger charge is -2.15. The second kappa shape index (κ2) is 5.67. The third-order valence-corrected chi connectivity index (χ3v) is 3.26. The Hall–Kier alpha value is -1.84. The van der Waals surface area contributed by atoms with Gasteiger partial charge in [-0.1, -0.05) is 24.3 Å². The van der Waals surface area contributed by atoms with Crippen LogP contribution in [0.4, 0.5) is 0 Å². The molecule has 4 nitrogen and oxygen atoms in total. The monoisotopic (exact) mass is 246 g/mol. The molecule has 0 radical (unpaired) electrons. The zero-order chi connectivity index (χ0) is 13.0. The number of amides is 2. The van der Waals surface area contributed by atoms with E-state index in [-0.39, 0.29) is 11.8 Å². The number of hydrogen-bond donors (Lipinski definition) is 1. The number of nitrogens with zero attached hydrogens (tertiary/aromatic N) is 1. The quantitative estimate of drug-likeness (QED) is 0.802. The van der Waals surface area contributed by atoms with Gasteiger partial charge in [-0.25, -0.2) is 0 Å². The Bertz CT molecular complexity index is 432. The second-order valence-corrected chi connectivity index (χ2v) is 4.69. The van der Waals surface area contributed by atoms with E-state index in [0.717, 1.165) is 6.42 Å². The van der Waals surface area contributed by atoms with Crippen molar-refractivity contribution in [3.8, 4) is 0 Å². The number of hydrogen-bond acceptors (Lipinski definition) is 2. The first-order valence-corrected chi connectivity index (χ1v) is 6.29. The Labute approximate surface area is 107 Å². The average Bonchev–Trinajstić information content (AvgIpc) is 2.78. The minimum absolute atomic E-state index is 0.163. The molecule has 2 amide bonds. The number of primary amides is 1. The van der Waals surface area contributed by atoms with Crippen molar-refractivity contribution in [1.29, 1.82) is 0 Å². The SMILES string of the molecule is NC(=O)CCCCC(=O)N1Cc2ccccc2C1. The Morgan fingerprint density at radius 3 is 2.17 bits per heavy atom. The lowest BCUT2D eigenvalue weighted by atomic mass is 10.1. The fourth-order valence-electron chi connectivity index (χ4n) is 2.24. The van der Waals surface area contributed by atoms with Gasteiger partial charge in [0.25, 0.3) is 0 Å². The van der Waals surface area contributed by atoms with Crippen molar-refractivity contribution in [2.75, 3.05) is 0 Å². The van der Waals surface area contributed by atoms with Crippen LogP contribution in [0.15, 0.2) is 24.3 Å². The lowest BCUT2D eigenvalue weighted by Crippen LogP contribution is -2.25. The largest absolute Gasteiger partial charge is 0.370 e. The van der Waals surface area contributed by atoms with E-state index >= 15 is 0 Å². The molecule has 1 aliphatic heterocycles. The predicted octanol–water partition coefficient (Wildman–Crippen LogP) is 1.57. The van der Waals surface area contributed by atoms with Crippen molar-refractivity contribution >= 4 is 11.8 Å². The van der Waals surface area contributed by atoms with Gasteiger partial charge >= 0.3 is 0 Å². The highest BCUT2D eigenvalue weighted by atomic mass is 16.2. The van der Waals surface area contributed by atoms with E-state index in [9.17, 15) is 9.59 Å². The summed E-state index contributed by atoms with van der Waals surface area (Å²) >= 11 is 0. The maximum Gasteiger partial charge on any atom is 0.223 e. The molecule has 0 saturated carbocycles. The minimum atomic E-state index is -0.295. The summed E-state index contributed by atoms with van der Waals surface area (Å²) in [4.78, 5) is 24.4. The normalized spacial score (nSPS) is 13.4. The molecule has 96 valence electrons. The molecule has 0 aromatic heterocycles. The highest BCUT2D eigenvalue weighted by molar-refractivity contribution is 5.77. The van der Waals surface area contributed by atoms with Gasteiger partial charge in [-0.2, -0.15) is 0 Å². The Kier molecular flexibility index (Phi) is 3.97. The van der Waals surface area contributed by atoms with Gasteiger partial charge in [0.2, 0.25) is 11.8 Å². The van der Waals surface area contributed by atoms with Gasteiger partial charge in [0.05, 0.1) is 0 Å². The van der Waals surface area contributed by atoms with Gasteiger partial charge in [0.1, 0.15) is 0 Å². The van der Waals surface area contributed by atoms with Crippen LogP contribution in [0.25, 0.3) is 0 Å². The number of carbonyl (C=O) groups excluding carboxylic acids is 2. The van der Waals surface area contributed by atoms with Crippen LogP contribution in [0.3, 0.4) is 0 Å². The summed E-state index contributed by atoms with van der Waals surface area (Å²) in [6, 6.07) is 8.13. The van der Waals surface area contributed by atoms with Gasteiger partial charge in [0.15, 0.2) is 0 Å². The highest BCUT2D eigenvalue weighted by Crippen LogP contribution is 2.23. The number of rotatable bonds is 5. The van der Waals surface area contributed by atoms with Gasteiger partial charge in [-0.05, 0) is 24.0 Å². The molecule has 0 fully saturated rings. The van der Waals surface area contributed by atoms with E-state index in [0.29, 0.717) is 32.4 Å². The van der Waals surface area contributed by atoms with Crippen LogP contribution in [0, 0.1) is 0 Å². The van der Waals surface area contributed by atoms with Crippen LogP contribution < -0.4 is 5.73 Å². The first-order chi connectivity index (χ1) is 8.66. The maximum absolute atomic E-state index is 12.0. The summed E-state index contributed by atoms with van der Waals surface area (Å²) in [5.41, 5.74) is 7.53. The summed E-state index contributed by atoms with van der Waals surface area (Å²) in [6.07, 6.45) is 2.30. The standard InChI is InChI=1S/C14H18N2O2/c15-13(17)7-3-4-8-14(18)16-9-11-5-1-2-6-12(11)10-16/h1-2,5-6H,3-4,7-10H2,(H2,15,17). The molecule has 0 bridgehead atoms. The zero-order valence-corrected chi connectivity index (χ0v) is 10.4. The van der Waals surface area contributed by atoms with Gasteiger partial charge < -0.3 is 10.6 Å². The molecule has 0 aliphatic carbocycles. The number of nitrogens with two attached hydrogens (primary N) is 1. The maximum atomic E-state index is 12.0. The molecule has 0 saturated heterocycles. The second-order valence-electron chi connectivity index (χ2n) is 4.69. The third kappa shape index (κ3) is 3.09. The van der Waals surface area contributed by atoms with Crippen molar-refractivity contribution in [3.05, 3.63) is 35.4 Å². The van der Waals surface area contributed by atoms with E-state index < -0.39 is 0 Å². The molecular formula is C14H18N2O2. The summed E-state index contributed by atoms with van der Waals surface area (Å²) < 4.78 is 0. The Morgan fingerprint density at radius 1 is 1.06 bits per heavy atom.